The largest absolute Gasteiger partial charge is 0.388 e. The van der Waals surface area contributed by atoms with Gasteiger partial charge in [-0.05, 0) is 31.9 Å². The molecule has 3 rings (SSSR count). The number of aliphatic hydroxyl groups excluding tert-OH is 2. The molecule has 2 aliphatic rings. The number of amides is 2. The lowest BCUT2D eigenvalue weighted by molar-refractivity contribution is -0.125. The van der Waals surface area contributed by atoms with Crippen molar-refractivity contribution >= 4 is 11.8 Å². The van der Waals surface area contributed by atoms with Gasteiger partial charge < -0.3 is 25.6 Å². The molecule has 0 aromatic heterocycles. The van der Waals surface area contributed by atoms with Crippen LogP contribution < -0.4 is 10.6 Å². The first-order chi connectivity index (χ1) is 11.9. The molecule has 1 heterocycles. The number of ether oxygens (including phenoxy) is 1. The molecule has 4 unspecified atom stereocenters. The van der Waals surface area contributed by atoms with Gasteiger partial charge in [0, 0.05) is 18.2 Å². The van der Waals surface area contributed by atoms with Crippen LogP contribution in [0.2, 0.25) is 0 Å². The number of carbonyl (C=O) groups excluding carboxylic acids is 2. The third-order valence-corrected chi connectivity index (χ3v) is 4.57. The van der Waals surface area contributed by atoms with Crippen molar-refractivity contribution in [2.24, 2.45) is 0 Å². The minimum Gasteiger partial charge on any atom is -0.388 e. The van der Waals surface area contributed by atoms with E-state index in [1.807, 2.05) is 19.1 Å². The maximum atomic E-state index is 12.1. The van der Waals surface area contributed by atoms with E-state index in [1.165, 1.54) is 0 Å². The molecule has 1 aliphatic heterocycles. The van der Waals surface area contributed by atoms with E-state index < -0.39 is 24.4 Å². The molecule has 2 amide bonds. The zero-order valence-electron chi connectivity index (χ0n) is 14.1. The highest BCUT2D eigenvalue weighted by molar-refractivity contribution is 5.94. The quantitative estimate of drug-likeness (QED) is 0.573. The van der Waals surface area contributed by atoms with Gasteiger partial charge in [0.05, 0.1) is 12.5 Å². The van der Waals surface area contributed by atoms with E-state index in [0.29, 0.717) is 5.56 Å². The summed E-state index contributed by atoms with van der Waals surface area (Å²) in [5.41, 5.74) is 1.57. The summed E-state index contributed by atoms with van der Waals surface area (Å²) in [5.74, 6) is -0.469. The van der Waals surface area contributed by atoms with Gasteiger partial charge in [0.1, 0.15) is 18.3 Å². The number of hydrogen-bond donors (Lipinski definition) is 4. The summed E-state index contributed by atoms with van der Waals surface area (Å²) in [6.07, 6.45) is -1.84. The Morgan fingerprint density at radius 3 is 2.40 bits per heavy atom. The molecule has 1 saturated carbocycles. The van der Waals surface area contributed by atoms with Crippen LogP contribution in [0, 0.1) is 6.92 Å². The number of carbonyl (C=O) groups is 2. The van der Waals surface area contributed by atoms with Crippen LogP contribution in [0.3, 0.4) is 0 Å². The molecule has 2 fully saturated rings. The smallest absolute Gasteiger partial charge is 0.251 e. The summed E-state index contributed by atoms with van der Waals surface area (Å²) in [4.78, 5) is 23.9. The average Bonchev–Trinajstić information content (AvgIpc) is 3.35. The van der Waals surface area contributed by atoms with Crippen LogP contribution in [0.25, 0.3) is 0 Å². The lowest BCUT2D eigenvalue weighted by atomic mass is 10.1. The van der Waals surface area contributed by atoms with Gasteiger partial charge in [0.2, 0.25) is 5.91 Å². The SMILES string of the molecule is Cc1ccc(C(=O)NCC2OC(CC(=O)NC3CC3)C(O)C2O)cc1. The van der Waals surface area contributed by atoms with E-state index in [4.69, 9.17) is 4.74 Å². The van der Waals surface area contributed by atoms with E-state index in [2.05, 4.69) is 10.6 Å². The fourth-order valence-electron chi connectivity index (χ4n) is 2.86. The van der Waals surface area contributed by atoms with E-state index >= 15 is 0 Å². The Morgan fingerprint density at radius 1 is 1.12 bits per heavy atom. The van der Waals surface area contributed by atoms with Crippen LogP contribution >= 0.6 is 0 Å². The van der Waals surface area contributed by atoms with Crippen LogP contribution in [0.15, 0.2) is 24.3 Å². The van der Waals surface area contributed by atoms with E-state index in [9.17, 15) is 19.8 Å². The number of aliphatic hydroxyl groups is 2. The second-order valence-corrected chi connectivity index (χ2v) is 6.82. The third-order valence-electron chi connectivity index (χ3n) is 4.57. The molecule has 0 bridgehead atoms. The Labute approximate surface area is 146 Å². The molecular formula is C18H24N2O5. The highest BCUT2D eigenvalue weighted by Crippen LogP contribution is 2.24. The van der Waals surface area contributed by atoms with Gasteiger partial charge in [0.25, 0.3) is 5.91 Å². The zero-order chi connectivity index (χ0) is 18.0. The van der Waals surface area contributed by atoms with Gasteiger partial charge >= 0.3 is 0 Å². The Bertz CT molecular complexity index is 629. The first-order valence-electron chi connectivity index (χ1n) is 8.60. The van der Waals surface area contributed by atoms with Crippen molar-refractivity contribution in [2.45, 2.75) is 56.6 Å². The lowest BCUT2D eigenvalue weighted by Crippen LogP contribution is -2.40. The van der Waals surface area contributed by atoms with Gasteiger partial charge in [-0.25, -0.2) is 0 Å². The van der Waals surface area contributed by atoms with Gasteiger partial charge in [-0.15, -0.1) is 0 Å². The average molecular weight is 348 g/mol. The van der Waals surface area contributed by atoms with Gasteiger partial charge in [-0.2, -0.15) is 0 Å². The van der Waals surface area contributed by atoms with Crippen LogP contribution in [0.1, 0.15) is 35.2 Å². The van der Waals surface area contributed by atoms with Crippen molar-refractivity contribution in [3.8, 4) is 0 Å². The molecule has 7 nitrogen and oxygen atoms in total. The fourth-order valence-corrected chi connectivity index (χ4v) is 2.86. The topological polar surface area (TPSA) is 108 Å². The van der Waals surface area contributed by atoms with Crippen molar-refractivity contribution < 1.29 is 24.5 Å². The molecule has 25 heavy (non-hydrogen) atoms. The number of aryl methyl sites for hydroxylation is 1. The van der Waals surface area contributed by atoms with Crippen LogP contribution in [-0.4, -0.2) is 59.0 Å². The van der Waals surface area contributed by atoms with Crippen LogP contribution in [0.4, 0.5) is 0 Å². The van der Waals surface area contributed by atoms with Crippen molar-refractivity contribution in [2.75, 3.05) is 6.54 Å². The molecule has 1 saturated heterocycles. The predicted octanol–water partition coefficient (Wildman–Crippen LogP) is -0.117. The molecular weight excluding hydrogens is 324 g/mol. The van der Waals surface area contributed by atoms with E-state index in [1.54, 1.807) is 12.1 Å². The fraction of sp³-hybridized carbons (Fsp3) is 0.556. The van der Waals surface area contributed by atoms with Crippen molar-refractivity contribution in [3.63, 3.8) is 0 Å². The lowest BCUT2D eigenvalue weighted by Gasteiger charge is -2.15. The summed E-state index contributed by atoms with van der Waals surface area (Å²) >= 11 is 0. The van der Waals surface area contributed by atoms with Crippen molar-refractivity contribution in [3.05, 3.63) is 35.4 Å². The molecule has 4 atom stereocenters. The Morgan fingerprint density at radius 2 is 1.76 bits per heavy atom. The molecule has 1 aromatic carbocycles. The molecule has 0 spiro atoms. The first kappa shape index (κ1) is 17.8. The van der Waals surface area contributed by atoms with Crippen molar-refractivity contribution in [1.29, 1.82) is 0 Å². The van der Waals surface area contributed by atoms with Crippen LogP contribution in [0.5, 0.6) is 0 Å². The summed E-state index contributed by atoms with van der Waals surface area (Å²) in [6.45, 7) is 2.00. The van der Waals surface area contributed by atoms with Crippen LogP contribution in [-0.2, 0) is 9.53 Å². The summed E-state index contributed by atoms with van der Waals surface area (Å²) < 4.78 is 5.59. The minimum atomic E-state index is -1.15. The normalized spacial score (nSPS) is 28.6. The number of nitrogens with one attached hydrogen (secondary N) is 2. The molecule has 4 N–H and O–H groups in total. The Hall–Kier alpha value is -1.96. The standard InChI is InChI=1S/C18H24N2O5/c1-10-2-4-11(5-3-10)18(24)19-9-14-17(23)16(22)13(25-14)8-15(21)20-12-6-7-12/h2-5,12-14,16-17,22-23H,6-9H2,1H3,(H,19,24)(H,20,21). The van der Waals surface area contributed by atoms with Gasteiger partial charge in [-0.3, -0.25) is 9.59 Å². The number of hydrogen-bond acceptors (Lipinski definition) is 5. The number of benzene rings is 1. The molecule has 136 valence electrons. The second kappa shape index (κ2) is 7.51. The van der Waals surface area contributed by atoms with E-state index in [-0.39, 0.29) is 30.8 Å². The highest BCUT2D eigenvalue weighted by Gasteiger charge is 2.43. The minimum absolute atomic E-state index is 0.00284. The summed E-state index contributed by atoms with van der Waals surface area (Å²) in [5, 5.41) is 25.7. The Balaban J connectivity index is 1.49. The molecule has 1 aromatic rings. The zero-order valence-corrected chi connectivity index (χ0v) is 14.1. The summed E-state index contributed by atoms with van der Waals surface area (Å²) in [6, 6.07) is 7.36. The first-order valence-corrected chi connectivity index (χ1v) is 8.60. The second-order valence-electron chi connectivity index (χ2n) is 6.82. The van der Waals surface area contributed by atoms with E-state index in [0.717, 1.165) is 18.4 Å². The highest BCUT2D eigenvalue weighted by atomic mass is 16.5. The molecule has 7 heteroatoms. The van der Waals surface area contributed by atoms with Crippen molar-refractivity contribution in [1.82, 2.24) is 10.6 Å². The maximum absolute atomic E-state index is 12.1. The predicted molar refractivity (Wildman–Crippen MR) is 90.0 cm³/mol. The molecule has 0 radical (unpaired) electrons. The molecule has 1 aliphatic carbocycles. The number of rotatable bonds is 6. The summed E-state index contributed by atoms with van der Waals surface area (Å²) in [7, 11) is 0. The van der Waals surface area contributed by atoms with Gasteiger partial charge in [0.15, 0.2) is 0 Å². The monoisotopic (exact) mass is 348 g/mol. The Kier molecular flexibility index (Phi) is 5.36. The third kappa shape index (κ3) is 4.56. The van der Waals surface area contributed by atoms with Gasteiger partial charge in [-0.1, -0.05) is 17.7 Å². The maximum Gasteiger partial charge on any atom is 0.251 e.